The largest absolute Gasteiger partial charge is 0.692 e. The third kappa shape index (κ3) is 21.8. The molecule has 0 unspecified atom stereocenters. The zero-order valence-corrected chi connectivity index (χ0v) is 12.6. The minimum Gasteiger partial charge on any atom is -0.134 e. The molecule has 4 N–H and O–H groups in total. The van der Waals surface area contributed by atoms with Crippen LogP contribution < -0.4 is 0 Å². The maximum atomic E-state index is 8.70. The van der Waals surface area contributed by atoms with Gasteiger partial charge in [-0.25, -0.2) is 0 Å². The standard InChI is InChI=1S/C9H20.2HO3P/c1-5-9(6-2,7-3)8-4;2*1-4(2)3/h5-8H2,1-4H3;2*(H-,1,2,3)/p+2. The molecule has 0 bridgehead atoms. The summed E-state index contributed by atoms with van der Waals surface area (Å²) in [5.41, 5.74) is 0.667. The van der Waals surface area contributed by atoms with E-state index in [0.29, 0.717) is 5.41 Å². The first-order chi connectivity index (χ1) is 7.71. The average Bonchev–Trinajstić information content (AvgIpc) is 2.20. The van der Waals surface area contributed by atoms with E-state index >= 15 is 0 Å². The van der Waals surface area contributed by atoms with E-state index in [-0.39, 0.29) is 0 Å². The lowest BCUT2D eigenvalue weighted by atomic mass is 9.78. The zero-order chi connectivity index (χ0) is 14.5. The minimum atomic E-state index is -2.87. The quantitative estimate of drug-likeness (QED) is 0.592. The fraction of sp³-hybridized carbons (Fsp3) is 1.00. The Morgan fingerprint density at radius 3 is 0.824 bits per heavy atom. The van der Waals surface area contributed by atoms with Crippen LogP contribution in [0, 0.1) is 5.41 Å². The summed E-state index contributed by atoms with van der Waals surface area (Å²) < 4.78 is 17.4. The van der Waals surface area contributed by atoms with Gasteiger partial charge in [0.2, 0.25) is 0 Å². The van der Waals surface area contributed by atoms with E-state index < -0.39 is 16.5 Å². The second kappa shape index (κ2) is 14.1. The molecule has 0 saturated heterocycles. The van der Waals surface area contributed by atoms with E-state index in [1.54, 1.807) is 0 Å². The van der Waals surface area contributed by atoms with Crippen LogP contribution in [-0.2, 0) is 9.13 Å². The van der Waals surface area contributed by atoms with Crippen molar-refractivity contribution in [3.05, 3.63) is 0 Å². The Kier molecular flexibility index (Phi) is 18.4. The monoisotopic (exact) mass is 290 g/mol. The van der Waals surface area contributed by atoms with Crippen LogP contribution in [0.4, 0.5) is 0 Å². The minimum absolute atomic E-state index is 0.667. The van der Waals surface area contributed by atoms with E-state index in [9.17, 15) is 0 Å². The van der Waals surface area contributed by atoms with Crippen molar-refractivity contribution >= 4 is 16.5 Å². The molecule has 0 aliphatic carbocycles. The van der Waals surface area contributed by atoms with Gasteiger partial charge in [0.1, 0.15) is 0 Å². The third-order valence-corrected chi connectivity index (χ3v) is 3.00. The molecule has 0 saturated carbocycles. The second-order valence-corrected chi connectivity index (χ2v) is 4.43. The highest BCUT2D eigenvalue weighted by atomic mass is 31.1. The van der Waals surface area contributed by atoms with Crippen LogP contribution in [0.3, 0.4) is 0 Å². The van der Waals surface area contributed by atoms with Crippen molar-refractivity contribution in [2.75, 3.05) is 0 Å². The first kappa shape index (κ1) is 22.2. The van der Waals surface area contributed by atoms with Crippen LogP contribution in [0.15, 0.2) is 0 Å². The molecule has 0 fully saturated rings. The van der Waals surface area contributed by atoms with Crippen molar-refractivity contribution in [3.8, 4) is 0 Å². The van der Waals surface area contributed by atoms with Crippen molar-refractivity contribution in [1.29, 1.82) is 0 Å². The van der Waals surface area contributed by atoms with Crippen LogP contribution in [0.5, 0.6) is 0 Å². The molecule has 0 aliphatic heterocycles. The molecule has 0 amide bonds. The Labute approximate surface area is 105 Å². The predicted molar refractivity (Wildman–Crippen MR) is 67.7 cm³/mol. The number of hydrogen-bond donors (Lipinski definition) is 4. The topological polar surface area (TPSA) is 115 Å². The SMILES string of the molecule is CCC(CC)(CC)CC.O=[P+](O)O.O=[P+](O)O. The van der Waals surface area contributed by atoms with E-state index in [1.807, 2.05) is 0 Å². The van der Waals surface area contributed by atoms with Gasteiger partial charge >= 0.3 is 16.5 Å². The molecule has 0 heterocycles. The van der Waals surface area contributed by atoms with Crippen LogP contribution in [0.1, 0.15) is 53.4 Å². The lowest BCUT2D eigenvalue weighted by Crippen LogP contribution is -2.15. The maximum Gasteiger partial charge on any atom is 0.692 e. The second-order valence-electron chi connectivity index (χ2n) is 3.42. The van der Waals surface area contributed by atoms with Gasteiger partial charge < -0.3 is 0 Å². The van der Waals surface area contributed by atoms with E-state index in [0.717, 1.165) is 0 Å². The molecule has 17 heavy (non-hydrogen) atoms. The Morgan fingerprint density at radius 2 is 0.824 bits per heavy atom. The molecular weight excluding hydrogens is 266 g/mol. The summed E-state index contributed by atoms with van der Waals surface area (Å²) in [6, 6.07) is 0. The van der Waals surface area contributed by atoms with Gasteiger partial charge in [-0.1, -0.05) is 53.4 Å². The molecule has 0 aromatic rings. The lowest BCUT2D eigenvalue weighted by Gasteiger charge is -2.28. The molecule has 0 aliphatic rings. The van der Waals surface area contributed by atoms with Crippen LogP contribution >= 0.6 is 16.5 Å². The van der Waals surface area contributed by atoms with E-state index in [4.69, 9.17) is 28.7 Å². The van der Waals surface area contributed by atoms with Crippen molar-refractivity contribution in [2.45, 2.75) is 53.4 Å². The molecule has 0 aromatic carbocycles. The van der Waals surface area contributed by atoms with Crippen LogP contribution in [-0.4, -0.2) is 19.6 Å². The zero-order valence-electron chi connectivity index (χ0n) is 10.8. The fourth-order valence-corrected chi connectivity index (χ4v) is 1.50. The Bertz CT molecular complexity index is 168. The lowest BCUT2D eigenvalue weighted by molar-refractivity contribution is 0.240. The molecule has 0 atom stereocenters. The first-order valence-corrected chi connectivity index (χ1v) is 7.74. The van der Waals surface area contributed by atoms with Gasteiger partial charge in [-0.3, -0.25) is 0 Å². The smallest absolute Gasteiger partial charge is 0.134 e. The van der Waals surface area contributed by atoms with Gasteiger partial charge in [0.05, 0.1) is 0 Å². The molecular formula is C9H24O6P2+2. The summed E-state index contributed by atoms with van der Waals surface area (Å²) >= 11 is 0. The normalized spacial score (nSPS) is 9.41. The van der Waals surface area contributed by atoms with E-state index in [2.05, 4.69) is 27.7 Å². The Hall–Kier alpha value is 0.0400. The van der Waals surface area contributed by atoms with Gasteiger partial charge in [-0.2, -0.15) is 0 Å². The highest BCUT2D eigenvalue weighted by Gasteiger charge is 2.20. The van der Waals surface area contributed by atoms with Crippen molar-refractivity contribution < 1.29 is 28.7 Å². The molecule has 8 heteroatoms. The van der Waals surface area contributed by atoms with Crippen molar-refractivity contribution in [2.24, 2.45) is 5.41 Å². The van der Waals surface area contributed by atoms with Gasteiger partial charge in [0.25, 0.3) is 0 Å². The van der Waals surface area contributed by atoms with Gasteiger partial charge in [0, 0.05) is 9.13 Å². The van der Waals surface area contributed by atoms with Gasteiger partial charge in [-0.15, -0.1) is 19.6 Å². The number of hydrogen-bond acceptors (Lipinski definition) is 2. The molecule has 6 nitrogen and oxygen atoms in total. The molecule has 0 spiro atoms. The third-order valence-electron chi connectivity index (χ3n) is 3.00. The van der Waals surface area contributed by atoms with Gasteiger partial charge in [-0.05, 0) is 5.41 Å². The summed E-state index contributed by atoms with van der Waals surface area (Å²) in [6.45, 7) is 9.21. The fourth-order valence-electron chi connectivity index (χ4n) is 1.50. The summed E-state index contributed by atoms with van der Waals surface area (Å²) in [4.78, 5) is 28.5. The van der Waals surface area contributed by atoms with Crippen molar-refractivity contribution in [1.82, 2.24) is 0 Å². The molecule has 0 rings (SSSR count). The summed E-state index contributed by atoms with van der Waals surface area (Å²) in [5, 5.41) is 0. The Morgan fingerprint density at radius 1 is 0.706 bits per heavy atom. The van der Waals surface area contributed by atoms with Gasteiger partial charge in [0.15, 0.2) is 0 Å². The Balaban J connectivity index is -0.000000205. The summed E-state index contributed by atoms with van der Waals surface area (Å²) in [7, 11) is -5.74. The first-order valence-electron chi connectivity index (χ1n) is 5.41. The highest BCUT2D eigenvalue weighted by molar-refractivity contribution is 7.31. The molecule has 0 radical (unpaired) electrons. The highest BCUT2D eigenvalue weighted by Crippen LogP contribution is 2.33. The van der Waals surface area contributed by atoms with E-state index in [1.165, 1.54) is 25.7 Å². The van der Waals surface area contributed by atoms with Crippen LogP contribution in [0.25, 0.3) is 0 Å². The maximum absolute atomic E-state index is 8.70. The summed E-state index contributed by atoms with van der Waals surface area (Å²) in [5.74, 6) is 0. The molecule has 104 valence electrons. The van der Waals surface area contributed by atoms with Crippen LogP contribution in [0.2, 0.25) is 0 Å². The average molecular weight is 290 g/mol. The van der Waals surface area contributed by atoms with Crippen molar-refractivity contribution in [3.63, 3.8) is 0 Å². The molecule has 0 aromatic heterocycles. The predicted octanol–water partition coefficient (Wildman–Crippen LogP) is 2.87. The number of rotatable bonds is 4. The summed E-state index contributed by atoms with van der Waals surface area (Å²) in [6.07, 6.45) is 5.38.